The fourth-order valence-electron chi connectivity index (χ4n) is 1.53. The molecule has 0 aliphatic heterocycles. The van der Waals surface area contributed by atoms with E-state index in [-0.39, 0.29) is 10.6 Å². The first kappa shape index (κ1) is 13.4. The number of ether oxygens (including phenoxy) is 1. The van der Waals surface area contributed by atoms with E-state index in [1.54, 1.807) is 30.3 Å². The van der Waals surface area contributed by atoms with Crippen molar-refractivity contribution in [2.45, 2.75) is 4.90 Å². The number of methoxy groups -OCH3 is 1. The second-order valence-corrected chi connectivity index (χ2v) is 5.45. The van der Waals surface area contributed by atoms with Crippen molar-refractivity contribution >= 4 is 15.7 Å². The predicted octanol–water partition coefficient (Wildman–Crippen LogP) is 2.64. The van der Waals surface area contributed by atoms with Gasteiger partial charge in [-0.2, -0.15) is 0 Å². The van der Waals surface area contributed by atoms with Gasteiger partial charge in [-0.15, -0.1) is 0 Å². The SMILES string of the molecule is COc1ccc(S(=O)(=O)Nc2ccccc2)cc1F. The molecule has 0 bridgehead atoms. The van der Waals surface area contributed by atoms with E-state index in [1.165, 1.54) is 19.2 Å². The normalized spacial score (nSPS) is 11.1. The number of sulfonamides is 1. The molecule has 4 nitrogen and oxygen atoms in total. The topological polar surface area (TPSA) is 55.4 Å². The summed E-state index contributed by atoms with van der Waals surface area (Å²) in [6.07, 6.45) is 0. The summed E-state index contributed by atoms with van der Waals surface area (Å²) in [5.41, 5.74) is 0.415. The van der Waals surface area contributed by atoms with E-state index in [4.69, 9.17) is 4.74 Å². The third-order valence-corrected chi connectivity index (χ3v) is 3.84. The summed E-state index contributed by atoms with van der Waals surface area (Å²) in [6.45, 7) is 0. The highest BCUT2D eigenvalue weighted by Crippen LogP contribution is 2.22. The Kier molecular flexibility index (Phi) is 3.71. The van der Waals surface area contributed by atoms with Crippen LogP contribution in [0.5, 0.6) is 5.75 Å². The Morgan fingerprint density at radius 2 is 1.79 bits per heavy atom. The fraction of sp³-hybridized carbons (Fsp3) is 0.0769. The van der Waals surface area contributed by atoms with Gasteiger partial charge < -0.3 is 4.74 Å². The minimum absolute atomic E-state index is 0.00124. The second kappa shape index (κ2) is 5.27. The average molecular weight is 281 g/mol. The van der Waals surface area contributed by atoms with Crippen molar-refractivity contribution in [3.63, 3.8) is 0 Å². The molecule has 19 heavy (non-hydrogen) atoms. The maximum atomic E-state index is 13.5. The zero-order valence-corrected chi connectivity index (χ0v) is 10.9. The quantitative estimate of drug-likeness (QED) is 0.937. The van der Waals surface area contributed by atoms with Crippen LogP contribution in [-0.4, -0.2) is 15.5 Å². The average Bonchev–Trinajstić information content (AvgIpc) is 2.39. The number of rotatable bonds is 4. The predicted molar refractivity (Wildman–Crippen MR) is 70.2 cm³/mol. The molecule has 0 atom stereocenters. The van der Waals surface area contributed by atoms with Gasteiger partial charge in [0, 0.05) is 5.69 Å². The molecule has 100 valence electrons. The smallest absolute Gasteiger partial charge is 0.262 e. The van der Waals surface area contributed by atoms with E-state index < -0.39 is 15.8 Å². The van der Waals surface area contributed by atoms with Crippen LogP contribution in [0.2, 0.25) is 0 Å². The summed E-state index contributed by atoms with van der Waals surface area (Å²) >= 11 is 0. The molecule has 6 heteroatoms. The van der Waals surface area contributed by atoms with Gasteiger partial charge in [-0.3, -0.25) is 4.72 Å². The molecule has 2 aromatic carbocycles. The van der Waals surface area contributed by atoms with Gasteiger partial charge in [-0.05, 0) is 30.3 Å². The Balaban J connectivity index is 2.32. The van der Waals surface area contributed by atoms with Crippen molar-refractivity contribution in [3.8, 4) is 5.75 Å². The number of anilines is 1. The third-order valence-electron chi connectivity index (χ3n) is 2.46. The van der Waals surface area contributed by atoms with E-state index >= 15 is 0 Å². The van der Waals surface area contributed by atoms with Crippen LogP contribution < -0.4 is 9.46 Å². The van der Waals surface area contributed by atoms with Crippen LogP contribution in [0.25, 0.3) is 0 Å². The first-order chi connectivity index (χ1) is 9.03. The highest BCUT2D eigenvalue weighted by Gasteiger charge is 2.16. The Morgan fingerprint density at radius 1 is 1.11 bits per heavy atom. The van der Waals surface area contributed by atoms with Crippen LogP contribution in [0.4, 0.5) is 10.1 Å². The van der Waals surface area contributed by atoms with Gasteiger partial charge in [0.25, 0.3) is 10.0 Å². The molecule has 0 amide bonds. The van der Waals surface area contributed by atoms with E-state index in [0.717, 1.165) is 6.07 Å². The van der Waals surface area contributed by atoms with Gasteiger partial charge in [0.1, 0.15) is 0 Å². The van der Waals surface area contributed by atoms with Crippen molar-refractivity contribution in [1.82, 2.24) is 0 Å². The zero-order chi connectivity index (χ0) is 13.9. The van der Waals surface area contributed by atoms with E-state index in [9.17, 15) is 12.8 Å². The monoisotopic (exact) mass is 281 g/mol. The Bertz CT molecular complexity index is 672. The molecule has 0 radical (unpaired) electrons. The number of nitrogens with one attached hydrogen (secondary N) is 1. The second-order valence-electron chi connectivity index (χ2n) is 3.77. The lowest BCUT2D eigenvalue weighted by Gasteiger charge is -2.09. The zero-order valence-electron chi connectivity index (χ0n) is 10.1. The van der Waals surface area contributed by atoms with Crippen LogP contribution in [0.3, 0.4) is 0 Å². The van der Waals surface area contributed by atoms with Crippen molar-refractivity contribution in [1.29, 1.82) is 0 Å². The number of hydrogen-bond acceptors (Lipinski definition) is 3. The molecule has 2 aromatic rings. The van der Waals surface area contributed by atoms with Crippen LogP contribution in [0.1, 0.15) is 0 Å². The Morgan fingerprint density at radius 3 is 2.37 bits per heavy atom. The minimum Gasteiger partial charge on any atom is -0.494 e. The third kappa shape index (κ3) is 3.03. The molecule has 0 aliphatic carbocycles. The molecule has 0 saturated carbocycles. The molecule has 2 rings (SSSR count). The lowest BCUT2D eigenvalue weighted by Crippen LogP contribution is -2.13. The lowest BCUT2D eigenvalue weighted by molar-refractivity contribution is 0.385. The van der Waals surface area contributed by atoms with Crippen LogP contribution in [0, 0.1) is 5.82 Å². The summed E-state index contributed by atoms with van der Waals surface area (Å²) in [5.74, 6) is -0.725. The summed E-state index contributed by atoms with van der Waals surface area (Å²) in [5, 5.41) is 0. The lowest BCUT2D eigenvalue weighted by atomic mass is 10.3. The van der Waals surface area contributed by atoms with Gasteiger partial charge in [0.15, 0.2) is 11.6 Å². The maximum Gasteiger partial charge on any atom is 0.262 e. The summed E-state index contributed by atoms with van der Waals surface area (Å²) in [6, 6.07) is 11.9. The molecule has 0 unspecified atom stereocenters. The molecule has 0 fully saturated rings. The Labute approximate surface area is 110 Å². The standard InChI is InChI=1S/C13H12FNO3S/c1-18-13-8-7-11(9-12(13)14)19(16,17)15-10-5-3-2-4-6-10/h2-9,15H,1H3. The number of benzene rings is 2. The number of para-hydroxylation sites is 1. The number of halogens is 1. The number of hydrogen-bond donors (Lipinski definition) is 1. The van der Waals surface area contributed by atoms with Crippen molar-refractivity contribution in [2.75, 3.05) is 11.8 Å². The fourth-order valence-corrected chi connectivity index (χ4v) is 2.60. The Hall–Kier alpha value is -2.08. The van der Waals surface area contributed by atoms with Gasteiger partial charge in [-0.25, -0.2) is 12.8 Å². The molecule has 0 aromatic heterocycles. The van der Waals surface area contributed by atoms with E-state index in [0.29, 0.717) is 5.69 Å². The summed E-state index contributed by atoms with van der Waals surface area (Å²) in [4.78, 5) is -0.158. The molecule has 0 heterocycles. The maximum absolute atomic E-state index is 13.5. The van der Waals surface area contributed by atoms with Crippen molar-refractivity contribution < 1.29 is 17.5 Å². The first-order valence-electron chi connectivity index (χ1n) is 5.44. The van der Waals surface area contributed by atoms with Crippen molar-refractivity contribution in [2.24, 2.45) is 0 Å². The first-order valence-corrected chi connectivity index (χ1v) is 6.92. The molecule has 0 aliphatic rings. The largest absolute Gasteiger partial charge is 0.494 e. The molecule has 0 spiro atoms. The van der Waals surface area contributed by atoms with E-state index in [1.807, 2.05) is 0 Å². The van der Waals surface area contributed by atoms with Crippen LogP contribution in [-0.2, 0) is 10.0 Å². The van der Waals surface area contributed by atoms with Crippen LogP contribution >= 0.6 is 0 Å². The molecular formula is C13H12FNO3S. The van der Waals surface area contributed by atoms with Gasteiger partial charge in [0.05, 0.1) is 12.0 Å². The summed E-state index contributed by atoms with van der Waals surface area (Å²) < 4.78 is 44.7. The van der Waals surface area contributed by atoms with Crippen molar-refractivity contribution in [3.05, 3.63) is 54.3 Å². The molecule has 0 saturated heterocycles. The highest BCUT2D eigenvalue weighted by atomic mass is 32.2. The molecular weight excluding hydrogens is 269 g/mol. The summed E-state index contributed by atoms with van der Waals surface area (Å²) in [7, 11) is -2.49. The van der Waals surface area contributed by atoms with Crippen LogP contribution in [0.15, 0.2) is 53.4 Å². The van der Waals surface area contributed by atoms with E-state index in [2.05, 4.69) is 4.72 Å². The minimum atomic E-state index is -3.81. The molecule has 1 N–H and O–H groups in total. The van der Waals surface area contributed by atoms with Gasteiger partial charge in [-0.1, -0.05) is 18.2 Å². The highest BCUT2D eigenvalue weighted by molar-refractivity contribution is 7.92. The van der Waals surface area contributed by atoms with Gasteiger partial charge in [0.2, 0.25) is 0 Å². The van der Waals surface area contributed by atoms with Gasteiger partial charge >= 0.3 is 0 Å².